The van der Waals surface area contributed by atoms with Crippen molar-refractivity contribution in [2.24, 2.45) is 0 Å². The van der Waals surface area contributed by atoms with E-state index in [0.717, 1.165) is 37.9 Å². The zero-order valence-electron chi connectivity index (χ0n) is 16.7. The van der Waals surface area contributed by atoms with Crippen LogP contribution in [0.4, 0.5) is 0 Å². The summed E-state index contributed by atoms with van der Waals surface area (Å²) < 4.78 is 10.5. The van der Waals surface area contributed by atoms with Gasteiger partial charge in [0, 0.05) is 42.0 Å². The van der Waals surface area contributed by atoms with Gasteiger partial charge < -0.3 is 19.0 Å². The highest BCUT2D eigenvalue weighted by Gasteiger charge is 2.22. The fourth-order valence-electron chi connectivity index (χ4n) is 4.07. The monoisotopic (exact) mass is 385 g/mol. The highest BCUT2D eigenvalue weighted by Crippen LogP contribution is 2.34. The SMILES string of the molecule is C[Si-](C)(C)CCOCn1ccc2c1ncc1ccn(C3CCC(O)CC3)c12. The van der Waals surface area contributed by atoms with Crippen molar-refractivity contribution < 1.29 is 9.84 Å². The van der Waals surface area contributed by atoms with Gasteiger partial charge in [0.2, 0.25) is 0 Å². The van der Waals surface area contributed by atoms with Crippen LogP contribution < -0.4 is 0 Å². The lowest BCUT2D eigenvalue weighted by Crippen LogP contribution is -2.22. The van der Waals surface area contributed by atoms with Crippen LogP contribution >= 0.6 is 0 Å². The highest BCUT2D eigenvalue weighted by atomic mass is 28.3. The lowest BCUT2D eigenvalue weighted by atomic mass is 9.93. The van der Waals surface area contributed by atoms with Gasteiger partial charge in [-0.15, -0.1) is 14.1 Å². The van der Waals surface area contributed by atoms with Gasteiger partial charge in [-0.3, -0.25) is 0 Å². The van der Waals surface area contributed by atoms with Gasteiger partial charge >= 0.3 is 0 Å². The molecule has 0 spiro atoms. The molecular weight excluding hydrogens is 354 g/mol. The van der Waals surface area contributed by atoms with Crippen LogP contribution in [0.1, 0.15) is 31.7 Å². The number of aliphatic hydroxyl groups is 1. The van der Waals surface area contributed by atoms with E-state index in [2.05, 4.69) is 53.3 Å². The average molecular weight is 386 g/mol. The van der Waals surface area contributed by atoms with Crippen LogP contribution in [0.15, 0.2) is 30.7 Å². The van der Waals surface area contributed by atoms with E-state index in [9.17, 15) is 5.11 Å². The number of pyridine rings is 1. The Balaban J connectivity index is 1.58. The van der Waals surface area contributed by atoms with Crippen LogP contribution in [0.25, 0.3) is 21.9 Å². The van der Waals surface area contributed by atoms with Crippen LogP contribution in [0, 0.1) is 0 Å². The maximum absolute atomic E-state index is 9.83. The summed E-state index contributed by atoms with van der Waals surface area (Å²) in [7, 11) is -1.06. The number of hydrogen-bond donors (Lipinski definition) is 1. The molecular formula is C21H31N3O2Si-. The predicted molar refractivity (Wildman–Crippen MR) is 113 cm³/mol. The number of rotatable bonds is 6. The van der Waals surface area contributed by atoms with E-state index in [4.69, 9.17) is 9.72 Å². The molecule has 3 heterocycles. The van der Waals surface area contributed by atoms with Crippen molar-refractivity contribution in [2.75, 3.05) is 6.61 Å². The van der Waals surface area contributed by atoms with Crippen molar-refractivity contribution in [2.45, 2.75) is 70.2 Å². The molecule has 27 heavy (non-hydrogen) atoms. The second-order valence-electron chi connectivity index (χ2n) is 9.12. The topological polar surface area (TPSA) is 52.2 Å². The molecule has 0 amide bonds. The molecule has 1 aliphatic carbocycles. The van der Waals surface area contributed by atoms with Crippen molar-refractivity contribution in [3.63, 3.8) is 0 Å². The molecule has 0 radical (unpaired) electrons. The van der Waals surface area contributed by atoms with E-state index in [1.54, 1.807) is 0 Å². The molecule has 1 aliphatic rings. The third kappa shape index (κ3) is 3.98. The van der Waals surface area contributed by atoms with E-state index in [1.165, 1.54) is 22.3 Å². The minimum absolute atomic E-state index is 0.126. The van der Waals surface area contributed by atoms with Crippen LogP contribution in [0.3, 0.4) is 0 Å². The Hall–Kier alpha value is -1.63. The third-order valence-electron chi connectivity index (χ3n) is 5.75. The number of ether oxygens (including phenoxy) is 1. The molecule has 6 heteroatoms. The Kier molecular flexibility index (Phi) is 5.14. The summed E-state index contributed by atoms with van der Waals surface area (Å²) in [6, 6.07) is 5.98. The lowest BCUT2D eigenvalue weighted by molar-refractivity contribution is 0.0899. The molecule has 0 unspecified atom stereocenters. The first-order valence-corrected chi connectivity index (χ1v) is 13.8. The molecule has 0 aromatic carbocycles. The summed E-state index contributed by atoms with van der Waals surface area (Å²) in [5.41, 5.74) is 2.26. The van der Waals surface area contributed by atoms with E-state index < -0.39 is 8.07 Å². The van der Waals surface area contributed by atoms with E-state index >= 15 is 0 Å². The minimum atomic E-state index is -1.06. The highest BCUT2D eigenvalue weighted by molar-refractivity contribution is 6.76. The second-order valence-corrected chi connectivity index (χ2v) is 14.7. The minimum Gasteiger partial charge on any atom is -0.393 e. The Morgan fingerprint density at radius 3 is 2.67 bits per heavy atom. The quantitative estimate of drug-likeness (QED) is 0.491. The maximum Gasteiger partial charge on any atom is 0.143 e. The zero-order valence-corrected chi connectivity index (χ0v) is 17.7. The number of nitrogens with zero attached hydrogens (tertiary/aromatic N) is 3. The first kappa shape index (κ1) is 18.7. The molecule has 147 valence electrons. The normalized spacial score (nSPS) is 21.3. The Morgan fingerprint density at radius 2 is 1.93 bits per heavy atom. The molecule has 1 fully saturated rings. The summed E-state index contributed by atoms with van der Waals surface area (Å²) >= 11 is 0. The molecule has 1 N–H and O–H groups in total. The molecule has 0 saturated heterocycles. The lowest BCUT2D eigenvalue weighted by Gasteiger charge is -2.27. The summed E-state index contributed by atoms with van der Waals surface area (Å²) in [5, 5.41) is 12.2. The fourth-order valence-corrected chi connectivity index (χ4v) is 4.83. The van der Waals surface area contributed by atoms with Crippen LogP contribution in [0.5, 0.6) is 0 Å². The van der Waals surface area contributed by atoms with E-state index in [-0.39, 0.29) is 6.10 Å². The van der Waals surface area contributed by atoms with Crippen molar-refractivity contribution in [3.05, 3.63) is 30.7 Å². The number of fused-ring (bicyclic) bond motifs is 3. The van der Waals surface area contributed by atoms with Gasteiger partial charge in [-0.2, -0.15) is 19.6 Å². The molecule has 0 bridgehead atoms. The van der Waals surface area contributed by atoms with Crippen molar-refractivity contribution in [3.8, 4) is 0 Å². The number of aliphatic hydroxyl groups excluding tert-OH is 1. The fraction of sp³-hybridized carbons (Fsp3) is 0.571. The maximum atomic E-state index is 9.83. The summed E-state index contributed by atoms with van der Waals surface area (Å²) in [6.07, 6.45) is 9.99. The molecule has 1 saturated carbocycles. The van der Waals surface area contributed by atoms with Gasteiger partial charge in [-0.05, 0) is 37.8 Å². The predicted octanol–water partition coefficient (Wildman–Crippen LogP) is 4.78. The average Bonchev–Trinajstić information content (AvgIpc) is 3.22. The third-order valence-corrected chi connectivity index (χ3v) is 7.45. The molecule has 3 aromatic rings. The first-order valence-electron chi connectivity index (χ1n) is 10.1. The zero-order chi connectivity index (χ0) is 19.0. The van der Waals surface area contributed by atoms with E-state index in [0.29, 0.717) is 12.8 Å². The molecule has 0 atom stereocenters. The van der Waals surface area contributed by atoms with Gasteiger partial charge in [0.05, 0.1) is 11.6 Å². The molecule has 3 aromatic heterocycles. The van der Waals surface area contributed by atoms with Gasteiger partial charge in [-0.25, -0.2) is 4.98 Å². The second kappa shape index (κ2) is 7.41. The van der Waals surface area contributed by atoms with Gasteiger partial charge in [0.25, 0.3) is 0 Å². The van der Waals surface area contributed by atoms with Gasteiger partial charge in [0.15, 0.2) is 0 Å². The van der Waals surface area contributed by atoms with Gasteiger partial charge in [0.1, 0.15) is 12.4 Å². The smallest absolute Gasteiger partial charge is 0.143 e. The van der Waals surface area contributed by atoms with Crippen LogP contribution in [0.2, 0.25) is 25.7 Å². The molecule has 4 rings (SSSR count). The Labute approximate surface area is 162 Å². The Bertz CT molecular complexity index is 917. The van der Waals surface area contributed by atoms with Crippen LogP contribution in [-0.4, -0.2) is 40.0 Å². The molecule has 5 nitrogen and oxygen atoms in total. The standard InChI is InChI=1S/C21H31N3O2Si/c1-27(2,3)13-12-26-15-23-10-9-19-20-16(14-22-21(19)23)8-11-24(20)17-4-6-18(25)7-5-17/h8-11,14,17-18,25H,4-7,12-13,15H2,1-3H3/q-1. The van der Waals surface area contributed by atoms with E-state index in [1.807, 2.05) is 6.20 Å². The Morgan fingerprint density at radius 1 is 1.15 bits per heavy atom. The van der Waals surface area contributed by atoms with Gasteiger partial charge in [-0.1, -0.05) is 0 Å². The first-order chi connectivity index (χ1) is 12.9. The van der Waals surface area contributed by atoms with Crippen molar-refractivity contribution >= 4 is 30.0 Å². The van der Waals surface area contributed by atoms with Crippen molar-refractivity contribution in [1.82, 2.24) is 14.1 Å². The summed E-state index contributed by atoms with van der Waals surface area (Å²) in [6.45, 7) is 8.50. The largest absolute Gasteiger partial charge is 0.393 e. The van der Waals surface area contributed by atoms with Crippen molar-refractivity contribution in [1.29, 1.82) is 0 Å². The summed E-state index contributed by atoms with van der Waals surface area (Å²) in [5.74, 6) is 0. The van der Waals surface area contributed by atoms with Crippen LogP contribution in [-0.2, 0) is 11.5 Å². The number of aromatic nitrogens is 3. The molecule has 0 aliphatic heterocycles. The summed E-state index contributed by atoms with van der Waals surface area (Å²) in [4.78, 5) is 4.71. The number of hydrogen-bond acceptors (Lipinski definition) is 3.